The number of nitrogens with zero attached hydrogens (tertiary/aromatic N) is 4. The molecule has 2 heterocycles. The Morgan fingerprint density at radius 1 is 0.722 bits per heavy atom. The van der Waals surface area contributed by atoms with Crippen LogP contribution in [0.1, 0.15) is 114 Å². The highest BCUT2D eigenvalue weighted by atomic mass is 16.5. The first-order chi connectivity index (χ1) is 38.1. The molecule has 6 rings (SSSR count). The van der Waals surface area contributed by atoms with E-state index in [-0.39, 0.29) is 30.0 Å². The quantitative estimate of drug-likeness (QED) is 0.0781. The van der Waals surface area contributed by atoms with Crippen molar-refractivity contribution in [2.45, 2.75) is 123 Å². The molecular formula is C65H101N5O9. The molecule has 3 aromatic rings. The number of benzene rings is 3. The number of methoxy groups -OCH3 is 6. The van der Waals surface area contributed by atoms with Crippen LogP contribution in [0.4, 0.5) is 0 Å². The largest absolute Gasteiger partial charge is 0.498 e. The van der Waals surface area contributed by atoms with Crippen LogP contribution in [0.2, 0.25) is 0 Å². The van der Waals surface area contributed by atoms with Crippen LogP contribution in [0.25, 0.3) is 12.2 Å². The number of β-amino-alcohol motifs (C(OH)–C–C–N with tert-alkyl or cyclic N) is 1. The number of likely N-dealkylation sites (tertiary alicyclic amines) is 2. The van der Waals surface area contributed by atoms with E-state index in [2.05, 4.69) is 103 Å². The maximum Gasteiger partial charge on any atom is 0.254 e. The fourth-order valence-corrected chi connectivity index (χ4v) is 10.1. The molecule has 0 saturated carbocycles. The van der Waals surface area contributed by atoms with E-state index < -0.39 is 0 Å². The Morgan fingerprint density at radius 3 is 1.84 bits per heavy atom. The number of piperidine rings is 2. The molecule has 2 aliphatic heterocycles. The van der Waals surface area contributed by atoms with Crippen molar-refractivity contribution in [3.05, 3.63) is 130 Å². The van der Waals surface area contributed by atoms with E-state index in [1.807, 2.05) is 53.5 Å². The third-order valence-electron chi connectivity index (χ3n) is 13.6. The van der Waals surface area contributed by atoms with Crippen molar-refractivity contribution in [2.24, 2.45) is 0 Å². The molecule has 2 fully saturated rings. The van der Waals surface area contributed by atoms with Crippen LogP contribution in [0, 0.1) is 0 Å². The molecule has 1 amide bonds. The molecule has 440 valence electrons. The summed E-state index contributed by atoms with van der Waals surface area (Å²) in [6.07, 6.45) is 15.4. The van der Waals surface area contributed by atoms with Gasteiger partial charge >= 0.3 is 0 Å². The lowest BCUT2D eigenvalue weighted by Gasteiger charge is -2.34. The number of amides is 1. The van der Waals surface area contributed by atoms with Crippen molar-refractivity contribution in [3.63, 3.8) is 0 Å². The molecule has 14 heteroatoms. The highest BCUT2D eigenvalue weighted by molar-refractivity contribution is 5.98. The first-order valence-electron chi connectivity index (χ1n) is 28.7. The van der Waals surface area contributed by atoms with E-state index >= 15 is 0 Å². The molecule has 0 aromatic heterocycles. The standard InChI is InChI=1S/C32H49N3O4.C28H38N2O4.C3H8.C2H6O/c1-24(2)33-28-14-10-15-34(23-28)16-11-17-35(22-25(3)18-26-12-8-7-9-13-26)32(36)27-19-29(37-4)21-31(39-6)30(20-27)38-5;1-22(17-23-9-5-4-6-10-23)19-30(16-8-15-29-14-7-11-25(31)20-29)21-26(32)24-12-13-27(33-2)28(18-24)34-3;2*1-3-2/h7-9,12-13,18-20,24,28-29,31,33H,10-11,14-17,21-23H2,1-6H3;4-6,9-10,12-13,17-18,25,31H,7-8,11,14-16,19-21H2,1-3H3;3H2,1-2H3;1-2H3/b25-18+;22-17+;;. The summed E-state index contributed by atoms with van der Waals surface area (Å²) in [5, 5.41) is 13.6. The molecule has 2 N–H and O–H groups in total. The van der Waals surface area contributed by atoms with Crippen molar-refractivity contribution in [1.82, 2.24) is 24.9 Å². The van der Waals surface area contributed by atoms with Crippen molar-refractivity contribution in [1.29, 1.82) is 0 Å². The van der Waals surface area contributed by atoms with Gasteiger partial charge in [0.2, 0.25) is 0 Å². The zero-order valence-corrected chi connectivity index (χ0v) is 50.6. The van der Waals surface area contributed by atoms with E-state index in [1.165, 1.54) is 24.8 Å². The van der Waals surface area contributed by atoms with Crippen molar-refractivity contribution in [2.75, 3.05) is 122 Å². The number of carbonyl (C=O) groups excluding carboxylic acids is 2. The van der Waals surface area contributed by atoms with Crippen LogP contribution in [-0.4, -0.2) is 189 Å². The van der Waals surface area contributed by atoms with Gasteiger partial charge in [0.15, 0.2) is 17.3 Å². The van der Waals surface area contributed by atoms with Crippen molar-refractivity contribution >= 4 is 23.8 Å². The minimum atomic E-state index is -0.263. The van der Waals surface area contributed by atoms with Crippen LogP contribution in [0.15, 0.2) is 113 Å². The fraction of sp³-hybridized carbons (Fsp3) is 0.569. The topological polar surface area (TPSA) is 135 Å². The Kier molecular flexibility index (Phi) is 33.9. The van der Waals surface area contributed by atoms with Crippen molar-refractivity contribution in [3.8, 4) is 11.5 Å². The van der Waals surface area contributed by atoms with E-state index in [9.17, 15) is 14.7 Å². The van der Waals surface area contributed by atoms with E-state index in [1.54, 1.807) is 68.0 Å². The minimum absolute atomic E-state index is 0.0119. The maximum atomic E-state index is 14.0. The van der Waals surface area contributed by atoms with Gasteiger partial charge < -0.3 is 53.5 Å². The van der Waals surface area contributed by atoms with Crippen LogP contribution in [0.3, 0.4) is 0 Å². The molecule has 0 bridgehead atoms. The number of carbonyl (C=O) groups is 2. The predicted molar refractivity (Wildman–Crippen MR) is 324 cm³/mol. The van der Waals surface area contributed by atoms with Crippen LogP contribution in [0.5, 0.6) is 11.5 Å². The zero-order chi connectivity index (χ0) is 58.0. The maximum absolute atomic E-state index is 14.0. The second kappa shape index (κ2) is 39.3. The Morgan fingerprint density at radius 2 is 1.29 bits per heavy atom. The first-order valence-corrected chi connectivity index (χ1v) is 28.7. The monoisotopic (exact) mass is 1100 g/mol. The number of Topliss-reactive ketones (excluding diaryl/α,β-unsaturated/α-hetero) is 1. The van der Waals surface area contributed by atoms with E-state index in [0.717, 1.165) is 94.7 Å². The zero-order valence-electron chi connectivity index (χ0n) is 50.6. The first kappa shape index (κ1) is 68.1. The highest BCUT2D eigenvalue weighted by Gasteiger charge is 2.28. The molecule has 0 radical (unpaired) electrons. The van der Waals surface area contributed by atoms with Gasteiger partial charge in [-0.15, -0.1) is 0 Å². The number of hydrogen-bond acceptors (Lipinski definition) is 13. The summed E-state index contributed by atoms with van der Waals surface area (Å²) in [5.41, 5.74) is 5.85. The number of nitrogens with one attached hydrogen (secondary N) is 1. The number of aliphatic hydroxyl groups excluding tert-OH is 1. The molecular weight excluding hydrogens is 995 g/mol. The summed E-state index contributed by atoms with van der Waals surface area (Å²) >= 11 is 0. The van der Waals surface area contributed by atoms with Gasteiger partial charge in [0.05, 0.1) is 40.1 Å². The number of ketones is 1. The number of rotatable bonds is 25. The average Bonchev–Trinajstić information content (AvgIpc) is 3.63. The summed E-state index contributed by atoms with van der Waals surface area (Å²) < 4.78 is 31.9. The van der Waals surface area contributed by atoms with E-state index in [4.69, 9.17) is 23.7 Å². The van der Waals surface area contributed by atoms with Gasteiger partial charge in [0.1, 0.15) is 11.9 Å². The van der Waals surface area contributed by atoms with Gasteiger partial charge in [-0.25, -0.2) is 0 Å². The molecule has 0 spiro atoms. The molecule has 14 nitrogen and oxygen atoms in total. The van der Waals surface area contributed by atoms with Crippen molar-refractivity contribution < 1.29 is 43.1 Å². The van der Waals surface area contributed by atoms with Crippen LogP contribution in [-0.2, 0) is 23.7 Å². The lowest BCUT2D eigenvalue weighted by atomic mass is 10.0. The molecule has 3 aliphatic rings. The molecule has 3 aromatic carbocycles. The molecule has 4 unspecified atom stereocenters. The molecule has 2 saturated heterocycles. The summed E-state index contributed by atoms with van der Waals surface area (Å²) in [5.74, 6) is 1.86. The highest BCUT2D eigenvalue weighted by Crippen LogP contribution is 2.28. The lowest BCUT2D eigenvalue weighted by molar-refractivity contribution is -0.126. The van der Waals surface area contributed by atoms with Gasteiger partial charge in [-0.2, -0.15) is 0 Å². The second-order valence-electron chi connectivity index (χ2n) is 21.2. The summed E-state index contributed by atoms with van der Waals surface area (Å²) in [6, 6.07) is 26.9. The van der Waals surface area contributed by atoms with Gasteiger partial charge in [-0.05, 0) is 120 Å². The summed E-state index contributed by atoms with van der Waals surface area (Å²) in [4.78, 5) is 36.2. The van der Waals surface area contributed by atoms with Gasteiger partial charge in [0, 0.05) is 97.3 Å². The van der Waals surface area contributed by atoms with Crippen LogP contribution < -0.4 is 14.8 Å². The third-order valence-corrected chi connectivity index (χ3v) is 13.6. The van der Waals surface area contributed by atoms with E-state index in [0.29, 0.717) is 66.5 Å². The summed E-state index contributed by atoms with van der Waals surface area (Å²) in [6.45, 7) is 21.9. The average molecular weight is 1100 g/mol. The lowest BCUT2D eigenvalue weighted by Crippen LogP contribution is -2.48. The van der Waals surface area contributed by atoms with Gasteiger partial charge in [-0.1, -0.05) is 118 Å². The SMILES string of the molecule is CCC.COC.COC1=CC(C(=O)N(CCCN2CCCC(NC(C)C)C2)C/C(C)=C/c2ccccc2)=CC(OC)CC1OC.COc1ccc(C(=O)CN(CCCN2CCCC(O)C2)C/C(C)=C/c2ccccc2)cc1OC. The molecule has 4 atom stereocenters. The third kappa shape index (κ3) is 26.3. The Balaban J connectivity index is 0.000000380. The number of hydrogen-bond donors (Lipinski definition) is 2. The van der Waals surface area contributed by atoms with Crippen LogP contribution >= 0.6 is 0 Å². The number of ether oxygens (including phenoxy) is 6. The fourth-order valence-electron chi connectivity index (χ4n) is 10.1. The predicted octanol–water partition coefficient (Wildman–Crippen LogP) is 10.5. The van der Waals surface area contributed by atoms with Gasteiger partial charge in [0.25, 0.3) is 5.91 Å². The second-order valence-corrected chi connectivity index (χ2v) is 21.2. The van der Waals surface area contributed by atoms with Gasteiger partial charge in [-0.3, -0.25) is 14.5 Å². The normalized spacial score (nSPS) is 19.0. The Hall–Kier alpha value is -5.16. The Bertz CT molecular complexity index is 2290. The molecule has 79 heavy (non-hydrogen) atoms. The minimum Gasteiger partial charge on any atom is -0.498 e. The molecule has 1 aliphatic carbocycles. The Labute approximate surface area is 476 Å². The smallest absolute Gasteiger partial charge is 0.254 e. The summed E-state index contributed by atoms with van der Waals surface area (Å²) in [7, 11) is 11.4. The number of aliphatic hydroxyl groups is 1.